The zero-order valence-electron chi connectivity index (χ0n) is 25.9. The van der Waals surface area contributed by atoms with Crippen LogP contribution in [-0.2, 0) is 53.3 Å². The molecule has 3 heteroatoms. The number of hydrogen-bond donors (Lipinski definition) is 0. The van der Waals surface area contributed by atoms with Crippen LogP contribution in [0.2, 0.25) is 0 Å². The summed E-state index contributed by atoms with van der Waals surface area (Å²) >= 11 is 1.55. The van der Waals surface area contributed by atoms with Gasteiger partial charge in [-0.05, 0) is 45.9 Å². The van der Waals surface area contributed by atoms with Crippen molar-refractivity contribution in [3.8, 4) is 11.1 Å². The Morgan fingerprint density at radius 3 is 1.95 bits per heavy atom. The number of allylic oxidation sites excluding steroid dienone is 2. The molecule has 3 aromatic carbocycles. The van der Waals surface area contributed by atoms with Crippen molar-refractivity contribution in [2.24, 2.45) is 0 Å². The van der Waals surface area contributed by atoms with Gasteiger partial charge in [-0.1, -0.05) is 96.9 Å². The van der Waals surface area contributed by atoms with Gasteiger partial charge in [-0.15, -0.1) is 11.6 Å². The third kappa shape index (κ3) is 7.32. The molecule has 3 aromatic rings. The molecule has 0 amide bonds. The van der Waals surface area contributed by atoms with E-state index in [-0.39, 0.29) is 35.6 Å². The molecule has 0 radical (unpaired) electrons. The van der Waals surface area contributed by atoms with Crippen LogP contribution in [0.3, 0.4) is 0 Å². The zero-order valence-corrected chi connectivity index (χ0v) is 29.9. The number of hydrogen-bond acceptors (Lipinski definition) is 0. The van der Waals surface area contributed by atoms with Crippen molar-refractivity contribution in [1.82, 2.24) is 0 Å². The Kier molecular flexibility index (Phi) is 11.2. The predicted molar refractivity (Wildman–Crippen MR) is 164 cm³/mol. The topological polar surface area (TPSA) is 0 Å². The van der Waals surface area contributed by atoms with E-state index >= 15 is 0 Å². The van der Waals surface area contributed by atoms with Crippen LogP contribution in [0.5, 0.6) is 0 Å². The first-order valence-electron chi connectivity index (χ1n) is 14.1. The number of aryl methyl sites for hydroxylation is 1. The molecule has 0 unspecified atom stereocenters. The van der Waals surface area contributed by atoms with Gasteiger partial charge in [0.1, 0.15) is 0 Å². The summed E-state index contributed by atoms with van der Waals surface area (Å²) in [5.41, 5.74) is 14.9. The van der Waals surface area contributed by atoms with E-state index < -0.39 is 0 Å². The summed E-state index contributed by atoms with van der Waals surface area (Å²) in [5.74, 6) is 0. The second-order valence-electron chi connectivity index (χ2n) is 13.5. The minimum absolute atomic E-state index is 0. The van der Waals surface area contributed by atoms with Crippen LogP contribution in [0.4, 0.5) is 0 Å². The van der Waals surface area contributed by atoms with Crippen LogP contribution in [-0.4, -0.2) is 3.21 Å². The summed E-state index contributed by atoms with van der Waals surface area (Å²) in [7, 11) is 0. The number of fused-ring (bicyclic) bond motifs is 5. The van der Waals surface area contributed by atoms with Crippen molar-refractivity contribution < 1.29 is 49.0 Å². The minimum atomic E-state index is 0. The van der Waals surface area contributed by atoms with Gasteiger partial charge in [-0.25, -0.2) is 12.1 Å². The molecule has 212 valence electrons. The third-order valence-corrected chi connectivity index (χ3v) is 7.95. The summed E-state index contributed by atoms with van der Waals surface area (Å²) in [6, 6.07) is 16.4. The van der Waals surface area contributed by atoms with Gasteiger partial charge in [0.05, 0.1) is 0 Å². The van der Waals surface area contributed by atoms with Crippen molar-refractivity contribution in [3.05, 3.63) is 99.1 Å². The largest absolute Gasteiger partial charge is 1.00 e. The van der Waals surface area contributed by atoms with Gasteiger partial charge in [0.2, 0.25) is 0 Å². The maximum Gasteiger partial charge on any atom is -1.00 e. The first-order valence-corrected chi connectivity index (χ1v) is 15.3. The molecule has 0 N–H and O–H groups in total. The first kappa shape index (κ1) is 34.8. The monoisotopic (exact) mass is 648 g/mol. The van der Waals surface area contributed by atoms with E-state index in [1.807, 2.05) is 0 Å². The summed E-state index contributed by atoms with van der Waals surface area (Å²) in [6.07, 6.45) is 12.5. The summed E-state index contributed by atoms with van der Waals surface area (Å²) in [4.78, 5) is 0. The third-order valence-electron chi connectivity index (χ3n) is 7.95. The summed E-state index contributed by atoms with van der Waals surface area (Å²) in [5, 5.41) is 0. The molecule has 3 aliphatic rings. The molecule has 40 heavy (non-hydrogen) atoms. The molecule has 0 saturated heterocycles. The Balaban J connectivity index is 0.000000280. The quantitative estimate of drug-likeness (QED) is 0.276. The first-order chi connectivity index (χ1) is 17.6. The molecular formula is C37H44Cl2Zr-2. The van der Waals surface area contributed by atoms with Crippen molar-refractivity contribution in [1.29, 1.82) is 0 Å². The van der Waals surface area contributed by atoms with E-state index in [1.54, 1.807) is 24.2 Å². The van der Waals surface area contributed by atoms with Gasteiger partial charge in [0.25, 0.3) is 0 Å². The van der Waals surface area contributed by atoms with Crippen LogP contribution < -0.4 is 24.8 Å². The maximum atomic E-state index is 3.50. The molecule has 0 atom stereocenters. The van der Waals surface area contributed by atoms with E-state index in [1.165, 1.54) is 58.8 Å². The number of benzene rings is 2. The Morgan fingerprint density at radius 1 is 0.900 bits per heavy atom. The van der Waals surface area contributed by atoms with Gasteiger partial charge >= 0.3 is 41.3 Å². The maximum absolute atomic E-state index is 3.50. The molecule has 0 aromatic heterocycles. The summed E-state index contributed by atoms with van der Waals surface area (Å²) < 4.78 is 1.51. The fourth-order valence-corrected chi connectivity index (χ4v) is 5.58. The van der Waals surface area contributed by atoms with E-state index in [9.17, 15) is 0 Å². The van der Waals surface area contributed by atoms with Crippen molar-refractivity contribution in [3.63, 3.8) is 0 Å². The second kappa shape index (κ2) is 12.9. The minimum Gasteiger partial charge on any atom is -1.00 e. The molecule has 0 spiro atoms. The summed E-state index contributed by atoms with van der Waals surface area (Å²) in [6.45, 7) is 22.3. The van der Waals surface area contributed by atoms with Gasteiger partial charge < -0.3 is 24.8 Å². The Labute approximate surface area is 271 Å². The molecule has 3 aliphatic carbocycles. The fraction of sp³-hybridized carbons (Fsp3) is 0.405. The van der Waals surface area contributed by atoms with E-state index in [4.69, 9.17) is 0 Å². The Morgan fingerprint density at radius 2 is 1.45 bits per heavy atom. The average Bonchev–Trinajstić information content (AvgIpc) is 3.56. The Bertz CT molecular complexity index is 1360. The molecule has 6 rings (SSSR count). The molecule has 0 heterocycles. The molecule has 0 aliphatic heterocycles. The fourth-order valence-electron chi connectivity index (χ4n) is 5.58. The van der Waals surface area contributed by atoms with Crippen LogP contribution in [0, 0.1) is 6.08 Å². The zero-order chi connectivity index (χ0) is 28.0. The molecule has 0 nitrogen and oxygen atoms in total. The smallest absolute Gasteiger partial charge is 1.00 e. The van der Waals surface area contributed by atoms with Crippen molar-refractivity contribution >= 4 is 15.4 Å². The van der Waals surface area contributed by atoms with Crippen LogP contribution in [0.25, 0.3) is 23.3 Å². The average molecular weight is 651 g/mol. The molecule has 0 saturated carbocycles. The normalized spacial score (nSPS) is 15.7. The van der Waals surface area contributed by atoms with Gasteiger partial charge in [0.15, 0.2) is 0 Å². The van der Waals surface area contributed by atoms with E-state index in [0.717, 1.165) is 12.8 Å². The number of halogens is 2. The molecule has 0 bridgehead atoms. The Hall–Kier alpha value is -1.40. The van der Waals surface area contributed by atoms with Gasteiger partial charge in [-0.2, -0.15) is 28.8 Å². The molecular weight excluding hydrogens is 607 g/mol. The molecule has 0 fully saturated rings. The van der Waals surface area contributed by atoms with Crippen molar-refractivity contribution in [2.75, 3.05) is 0 Å². The predicted octanol–water partition coefficient (Wildman–Crippen LogP) is 3.69. The SMILES string of the molecule is CC1(C)[C-]=Cc2cc3c(cc21)Cc1cc2c(cc1-3)C=CC2(C)C.CCc1cc(C(C)(C)C)c[cH-]1.C[C](C)=[Zr+2].[Cl-].[Cl-]. The van der Waals surface area contributed by atoms with Crippen LogP contribution in [0.1, 0.15) is 114 Å². The van der Waals surface area contributed by atoms with Gasteiger partial charge in [0, 0.05) is 5.41 Å². The standard InChI is InChI=1S/C23H21.C11H17.C3H6.2ClH.Zr/c1-22(2)7-5-14-10-18-16(12-20(14)22)9-17-13-21-15(11-19(17)18)6-8-23(21,3)4;1-5-9-6-7-10(8-9)11(2,3)4;1-3-2;;;/h5-7,10-13H,9H2,1-4H3;6-8H,5H2,1-4H3;1-2H3;2*1H;/q2*-1;;;;+2/p-2. The van der Waals surface area contributed by atoms with Gasteiger partial charge in [-0.3, -0.25) is 6.08 Å². The second-order valence-corrected chi connectivity index (χ2v) is 15.9. The number of rotatable bonds is 1. The van der Waals surface area contributed by atoms with Crippen molar-refractivity contribution in [2.45, 2.75) is 98.3 Å². The van der Waals surface area contributed by atoms with Crippen LogP contribution >= 0.6 is 0 Å². The van der Waals surface area contributed by atoms with Crippen LogP contribution in [0.15, 0.2) is 48.5 Å². The van der Waals surface area contributed by atoms with E-state index in [2.05, 4.69) is 136 Å². The van der Waals surface area contributed by atoms with E-state index in [0.29, 0.717) is 5.41 Å².